The first kappa shape index (κ1) is 18.6. The van der Waals surface area contributed by atoms with Gasteiger partial charge in [-0.15, -0.1) is 0 Å². The molecule has 2 aromatic carbocycles. The number of hydrogen-bond donors (Lipinski definition) is 1. The summed E-state index contributed by atoms with van der Waals surface area (Å²) in [6.07, 6.45) is 3.10. The summed E-state index contributed by atoms with van der Waals surface area (Å²) in [5, 5.41) is 2.62. The lowest BCUT2D eigenvalue weighted by Crippen LogP contribution is -2.54. The number of amides is 4. The average molecular weight is 410 g/mol. The van der Waals surface area contributed by atoms with Gasteiger partial charge in [-0.2, -0.15) is 0 Å². The molecule has 29 heavy (non-hydrogen) atoms. The van der Waals surface area contributed by atoms with Crippen LogP contribution in [0.3, 0.4) is 0 Å². The van der Waals surface area contributed by atoms with E-state index in [0.717, 1.165) is 4.90 Å². The van der Waals surface area contributed by atoms with Gasteiger partial charge in [0.15, 0.2) is 0 Å². The van der Waals surface area contributed by atoms with Gasteiger partial charge in [-0.1, -0.05) is 11.6 Å². The van der Waals surface area contributed by atoms with Crippen LogP contribution >= 0.6 is 11.6 Å². The van der Waals surface area contributed by atoms with Crippen molar-refractivity contribution in [3.63, 3.8) is 0 Å². The first-order valence-electron chi connectivity index (χ1n) is 8.54. The van der Waals surface area contributed by atoms with Crippen LogP contribution in [0.25, 0.3) is 11.8 Å². The van der Waals surface area contributed by atoms with Crippen LogP contribution in [0.5, 0.6) is 0 Å². The van der Waals surface area contributed by atoms with Gasteiger partial charge in [0.1, 0.15) is 11.4 Å². The van der Waals surface area contributed by atoms with Gasteiger partial charge in [0, 0.05) is 22.6 Å². The normalized spacial score (nSPS) is 15.7. The average Bonchev–Trinajstić information content (AvgIpc) is 3.15. The van der Waals surface area contributed by atoms with E-state index in [1.165, 1.54) is 42.5 Å². The molecule has 1 saturated heterocycles. The second-order valence-corrected chi connectivity index (χ2v) is 6.65. The summed E-state index contributed by atoms with van der Waals surface area (Å²) in [6.45, 7) is 0. The largest absolute Gasteiger partial charge is 0.335 e. The Bertz CT molecular complexity index is 1150. The standard InChI is InChI=1S/C21H13ClFN3O3/c22-13-3-7-16(8-4-13)26-20(28)18(19(27)24-21(26)29)12-17-2-1-11-25(17)15-9-5-14(23)6-10-15/h1-12H,(H,24,27,29)/b18-12+. The molecule has 0 bridgehead atoms. The van der Waals surface area contributed by atoms with E-state index < -0.39 is 17.8 Å². The molecule has 8 heteroatoms. The summed E-state index contributed by atoms with van der Waals surface area (Å²) in [5.41, 5.74) is 1.24. The fourth-order valence-electron chi connectivity index (χ4n) is 2.98. The molecule has 4 rings (SSSR count). The number of carbonyl (C=O) groups excluding carboxylic acids is 3. The third-order valence-corrected chi connectivity index (χ3v) is 4.62. The molecule has 0 atom stereocenters. The van der Waals surface area contributed by atoms with Gasteiger partial charge in [-0.25, -0.2) is 14.1 Å². The Morgan fingerprint density at radius 3 is 2.24 bits per heavy atom. The number of anilines is 1. The number of benzene rings is 2. The van der Waals surface area contributed by atoms with Crippen molar-refractivity contribution >= 4 is 41.2 Å². The number of rotatable bonds is 3. The number of imide groups is 2. The Labute approximate surface area is 169 Å². The lowest BCUT2D eigenvalue weighted by atomic mass is 10.1. The molecule has 144 valence electrons. The predicted octanol–water partition coefficient (Wildman–Crippen LogP) is 3.94. The van der Waals surface area contributed by atoms with Gasteiger partial charge >= 0.3 is 6.03 Å². The van der Waals surface area contributed by atoms with Crippen molar-refractivity contribution in [3.8, 4) is 5.69 Å². The molecule has 0 spiro atoms. The summed E-state index contributed by atoms with van der Waals surface area (Å²) in [5.74, 6) is -1.93. The van der Waals surface area contributed by atoms with E-state index in [1.807, 2.05) is 0 Å². The van der Waals surface area contributed by atoms with E-state index in [4.69, 9.17) is 11.6 Å². The van der Waals surface area contributed by atoms with E-state index >= 15 is 0 Å². The van der Waals surface area contributed by atoms with Gasteiger partial charge in [-0.05, 0) is 66.7 Å². The van der Waals surface area contributed by atoms with Crippen molar-refractivity contribution in [1.29, 1.82) is 0 Å². The van der Waals surface area contributed by atoms with E-state index in [-0.39, 0.29) is 17.1 Å². The maximum absolute atomic E-state index is 13.2. The van der Waals surface area contributed by atoms with Crippen LogP contribution in [-0.2, 0) is 9.59 Å². The first-order chi connectivity index (χ1) is 13.9. The van der Waals surface area contributed by atoms with E-state index in [1.54, 1.807) is 35.0 Å². The summed E-state index contributed by atoms with van der Waals surface area (Å²) in [4.78, 5) is 38.4. The van der Waals surface area contributed by atoms with Crippen molar-refractivity contribution in [2.75, 3.05) is 4.90 Å². The van der Waals surface area contributed by atoms with Gasteiger partial charge < -0.3 is 4.57 Å². The van der Waals surface area contributed by atoms with Crippen LogP contribution in [0, 0.1) is 5.82 Å². The number of nitrogens with one attached hydrogen (secondary N) is 1. The number of carbonyl (C=O) groups is 3. The number of urea groups is 1. The molecule has 0 radical (unpaired) electrons. The highest BCUT2D eigenvalue weighted by molar-refractivity contribution is 6.39. The number of hydrogen-bond acceptors (Lipinski definition) is 3. The summed E-state index contributed by atoms with van der Waals surface area (Å²) in [7, 11) is 0. The minimum atomic E-state index is -0.839. The van der Waals surface area contributed by atoms with Crippen LogP contribution in [0.4, 0.5) is 14.9 Å². The van der Waals surface area contributed by atoms with Crippen LogP contribution in [0.1, 0.15) is 5.69 Å². The molecule has 3 aromatic rings. The monoisotopic (exact) mass is 409 g/mol. The Kier molecular flexibility index (Phi) is 4.74. The Morgan fingerprint density at radius 2 is 1.55 bits per heavy atom. The Morgan fingerprint density at radius 1 is 0.897 bits per heavy atom. The molecule has 1 aromatic heterocycles. The number of halogens is 2. The van der Waals surface area contributed by atoms with Crippen LogP contribution in [0.2, 0.25) is 5.02 Å². The first-order valence-corrected chi connectivity index (χ1v) is 8.92. The number of barbiturate groups is 1. The maximum Gasteiger partial charge on any atom is 0.335 e. The molecule has 1 N–H and O–H groups in total. The summed E-state index contributed by atoms with van der Waals surface area (Å²) in [6, 6.07) is 14.4. The lowest BCUT2D eigenvalue weighted by Gasteiger charge is -2.26. The third kappa shape index (κ3) is 3.55. The minimum absolute atomic E-state index is 0.207. The molecular weight excluding hydrogens is 397 g/mol. The van der Waals surface area contributed by atoms with E-state index in [9.17, 15) is 18.8 Å². The lowest BCUT2D eigenvalue weighted by molar-refractivity contribution is -0.122. The highest BCUT2D eigenvalue weighted by atomic mass is 35.5. The molecule has 2 heterocycles. The molecule has 1 fully saturated rings. The summed E-state index contributed by atoms with van der Waals surface area (Å²) >= 11 is 5.86. The zero-order valence-electron chi connectivity index (χ0n) is 14.8. The van der Waals surface area contributed by atoms with Crippen LogP contribution in [0.15, 0.2) is 72.4 Å². The van der Waals surface area contributed by atoms with E-state index in [0.29, 0.717) is 16.4 Å². The quantitative estimate of drug-likeness (QED) is 0.526. The topological polar surface area (TPSA) is 71.4 Å². The zero-order valence-corrected chi connectivity index (χ0v) is 15.6. The molecule has 6 nitrogen and oxygen atoms in total. The smallest absolute Gasteiger partial charge is 0.317 e. The number of aromatic nitrogens is 1. The van der Waals surface area contributed by atoms with Crippen molar-refractivity contribution in [1.82, 2.24) is 9.88 Å². The molecule has 0 unspecified atom stereocenters. The second kappa shape index (κ2) is 7.37. The SMILES string of the molecule is O=C1NC(=O)N(c2ccc(Cl)cc2)C(=O)/C1=C/c1cccn1-c1ccc(F)cc1. The molecule has 4 amide bonds. The fourth-order valence-corrected chi connectivity index (χ4v) is 3.10. The highest BCUT2D eigenvalue weighted by Gasteiger charge is 2.36. The Hall–Kier alpha value is -3.71. The number of nitrogens with zero attached hydrogens (tertiary/aromatic N) is 2. The van der Waals surface area contributed by atoms with Crippen molar-refractivity contribution < 1.29 is 18.8 Å². The van der Waals surface area contributed by atoms with Crippen molar-refractivity contribution in [2.45, 2.75) is 0 Å². The molecule has 0 saturated carbocycles. The maximum atomic E-state index is 13.2. The van der Waals surface area contributed by atoms with Crippen LogP contribution < -0.4 is 10.2 Å². The molecule has 1 aliphatic rings. The minimum Gasteiger partial charge on any atom is -0.317 e. The molecule has 0 aliphatic carbocycles. The zero-order chi connectivity index (χ0) is 20.5. The van der Waals surface area contributed by atoms with Gasteiger partial charge in [0.25, 0.3) is 11.8 Å². The molecule has 1 aliphatic heterocycles. The van der Waals surface area contributed by atoms with Crippen LogP contribution in [-0.4, -0.2) is 22.4 Å². The predicted molar refractivity (Wildman–Crippen MR) is 106 cm³/mol. The highest BCUT2D eigenvalue weighted by Crippen LogP contribution is 2.24. The second-order valence-electron chi connectivity index (χ2n) is 6.21. The van der Waals surface area contributed by atoms with Gasteiger partial charge in [0.05, 0.1) is 5.69 Å². The fraction of sp³-hybridized carbons (Fsp3) is 0. The Balaban J connectivity index is 1.73. The van der Waals surface area contributed by atoms with Gasteiger partial charge in [0.2, 0.25) is 0 Å². The molecular formula is C21H13ClFN3O3. The third-order valence-electron chi connectivity index (χ3n) is 4.36. The summed E-state index contributed by atoms with van der Waals surface area (Å²) < 4.78 is 14.9. The van der Waals surface area contributed by atoms with E-state index in [2.05, 4.69) is 5.32 Å². The van der Waals surface area contributed by atoms with Crippen molar-refractivity contribution in [2.24, 2.45) is 0 Å². The van der Waals surface area contributed by atoms with Gasteiger partial charge in [-0.3, -0.25) is 14.9 Å². The van der Waals surface area contributed by atoms with Crippen molar-refractivity contribution in [3.05, 3.63) is 89.0 Å².